The van der Waals surface area contributed by atoms with E-state index in [0.717, 1.165) is 6.07 Å². The molecule has 2 nitrogen and oxygen atoms in total. The molecule has 1 rings (SSSR count). The third-order valence-corrected chi connectivity index (χ3v) is 2.64. The fourth-order valence-electron chi connectivity index (χ4n) is 1.47. The van der Waals surface area contributed by atoms with E-state index in [0.29, 0.717) is 0 Å². The number of hydrogen-bond donors (Lipinski definition) is 0. The molecule has 1 amide bonds. The maximum Gasteiger partial charge on any atom is 0.238 e. The van der Waals surface area contributed by atoms with Crippen LogP contribution in [0.2, 0.25) is 0 Å². The predicted molar refractivity (Wildman–Crippen MR) is 62.8 cm³/mol. The molecule has 0 aliphatic rings. The van der Waals surface area contributed by atoms with E-state index in [1.165, 1.54) is 17.0 Å². The Balaban J connectivity index is 2.90. The number of carbonyl (C=O) groups excluding carboxylic acids is 1. The Morgan fingerprint density at radius 3 is 2.53 bits per heavy atom. The lowest BCUT2D eigenvalue weighted by Crippen LogP contribution is -2.37. The largest absolute Gasteiger partial charge is 0.335 e. The fourth-order valence-corrected chi connectivity index (χ4v) is 1.62. The molecule has 1 aromatic rings. The number of hydrogen-bond acceptors (Lipinski definition) is 1. The summed E-state index contributed by atoms with van der Waals surface area (Å²) in [7, 11) is 0. The van der Waals surface area contributed by atoms with Gasteiger partial charge >= 0.3 is 0 Å². The lowest BCUT2D eigenvalue weighted by atomic mass is 10.1. The normalized spacial score (nSPS) is 10.7. The summed E-state index contributed by atoms with van der Waals surface area (Å²) in [6.07, 6.45) is 0. The van der Waals surface area contributed by atoms with Gasteiger partial charge < -0.3 is 4.90 Å². The maximum absolute atomic E-state index is 13.4. The number of halogens is 3. The minimum atomic E-state index is -0.655. The highest BCUT2D eigenvalue weighted by Gasteiger charge is 2.18. The Labute approximate surface area is 104 Å². The topological polar surface area (TPSA) is 20.3 Å². The minimum Gasteiger partial charge on any atom is -0.335 e. The summed E-state index contributed by atoms with van der Waals surface area (Å²) in [6.45, 7) is 3.72. The van der Waals surface area contributed by atoms with Gasteiger partial charge in [-0.3, -0.25) is 4.79 Å². The van der Waals surface area contributed by atoms with Crippen molar-refractivity contribution in [1.82, 2.24) is 4.90 Å². The maximum atomic E-state index is 13.4. The molecule has 0 heterocycles. The zero-order valence-corrected chi connectivity index (χ0v) is 10.5. The lowest BCUT2D eigenvalue weighted by Gasteiger charge is -2.26. The van der Waals surface area contributed by atoms with Crippen LogP contribution in [0.25, 0.3) is 0 Å². The molecule has 0 aliphatic carbocycles. The highest BCUT2D eigenvalue weighted by atomic mass is 35.5. The second-order valence-electron chi connectivity index (χ2n) is 3.98. The molecule has 0 bridgehead atoms. The molecule has 0 aliphatic heterocycles. The van der Waals surface area contributed by atoms with Gasteiger partial charge in [-0.15, -0.1) is 11.6 Å². The van der Waals surface area contributed by atoms with E-state index in [4.69, 9.17) is 11.6 Å². The molecular weight excluding hydrogens is 248 g/mol. The van der Waals surface area contributed by atoms with Crippen LogP contribution in [0.1, 0.15) is 19.4 Å². The molecule has 0 aromatic heterocycles. The first-order valence-corrected chi connectivity index (χ1v) is 5.78. The average Bonchev–Trinajstić information content (AvgIpc) is 2.26. The van der Waals surface area contributed by atoms with E-state index < -0.39 is 11.6 Å². The lowest BCUT2D eigenvalue weighted by molar-refractivity contribution is -0.130. The molecule has 0 radical (unpaired) electrons. The molecule has 94 valence electrons. The Bertz CT molecular complexity index is 409. The number of nitrogens with zero attached hydrogens (tertiary/aromatic N) is 1. The molecule has 1 aromatic carbocycles. The van der Waals surface area contributed by atoms with E-state index in [2.05, 4.69) is 0 Å². The van der Waals surface area contributed by atoms with Crippen molar-refractivity contribution < 1.29 is 13.6 Å². The molecule has 17 heavy (non-hydrogen) atoms. The van der Waals surface area contributed by atoms with Crippen LogP contribution >= 0.6 is 11.6 Å². The molecule has 0 saturated heterocycles. The van der Waals surface area contributed by atoms with Crippen LogP contribution in [0.5, 0.6) is 0 Å². The zero-order chi connectivity index (χ0) is 13.0. The van der Waals surface area contributed by atoms with Gasteiger partial charge in [-0.1, -0.05) is 6.07 Å². The van der Waals surface area contributed by atoms with Gasteiger partial charge in [0, 0.05) is 24.2 Å². The molecule has 0 atom stereocenters. The summed E-state index contributed by atoms with van der Waals surface area (Å²) in [5.74, 6) is -1.71. The highest BCUT2D eigenvalue weighted by molar-refractivity contribution is 6.27. The number of benzene rings is 1. The van der Waals surface area contributed by atoms with Crippen LogP contribution in [-0.4, -0.2) is 22.7 Å². The number of alkyl halides is 1. The third kappa shape index (κ3) is 3.66. The molecule has 0 fully saturated rings. The second-order valence-corrected chi connectivity index (χ2v) is 4.25. The van der Waals surface area contributed by atoms with Gasteiger partial charge in [-0.05, 0) is 19.9 Å². The monoisotopic (exact) mass is 261 g/mol. The second kappa shape index (κ2) is 5.96. The van der Waals surface area contributed by atoms with Crippen molar-refractivity contribution in [1.29, 1.82) is 0 Å². The van der Waals surface area contributed by atoms with Crippen molar-refractivity contribution >= 4 is 17.5 Å². The number of carbonyl (C=O) groups is 1. The van der Waals surface area contributed by atoms with Crippen LogP contribution in [0.15, 0.2) is 18.2 Å². The van der Waals surface area contributed by atoms with E-state index >= 15 is 0 Å². The van der Waals surface area contributed by atoms with Crippen molar-refractivity contribution in [3.8, 4) is 0 Å². The average molecular weight is 262 g/mol. The van der Waals surface area contributed by atoms with Crippen molar-refractivity contribution in [3.63, 3.8) is 0 Å². The van der Waals surface area contributed by atoms with Crippen molar-refractivity contribution in [2.45, 2.75) is 26.4 Å². The molecule has 0 unspecified atom stereocenters. The molecule has 0 N–H and O–H groups in total. The van der Waals surface area contributed by atoms with E-state index in [9.17, 15) is 13.6 Å². The van der Waals surface area contributed by atoms with Crippen LogP contribution in [-0.2, 0) is 11.3 Å². The Morgan fingerprint density at radius 2 is 2.06 bits per heavy atom. The quantitative estimate of drug-likeness (QED) is 0.763. The summed E-state index contributed by atoms with van der Waals surface area (Å²) in [5, 5.41) is 0. The Kier molecular flexibility index (Phi) is 4.87. The van der Waals surface area contributed by atoms with Crippen LogP contribution in [0.3, 0.4) is 0 Å². The Morgan fingerprint density at radius 1 is 1.41 bits per heavy atom. The molecule has 0 spiro atoms. The van der Waals surface area contributed by atoms with Crippen LogP contribution in [0, 0.1) is 11.6 Å². The summed E-state index contributed by atoms with van der Waals surface area (Å²) >= 11 is 5.48. The van der Waals surface area contributed by atoms with Crippen molar-refractivity contribution in [3.05, 3.63) is 35.4 Å². The van der Waals surface area contributed by atoms with Crippen molar-refractivity contribution in [2.24, 2.45) is 0 Å². The zero-order valence-electron chi connectivity index (χ0n) is 9.71. The van der Waals surface area contributed by atoms with Gasteiger partial charge in [0.15, 0.2) is 0 Å². The first-order valence-electron chi connectivity index (χ1n) is 5.25. The highest BCUT2D eigenvalue weighted by Crippen LogP contribution is 2.14. The van der Waals surface area contributed by atoms with E-state index in [1.54, 1.807) is 0 Å². The van der Waals surface area contributed by atoms with Gasteiger partial charge in [0.25, 0.3) is 0 Å². The SMILES string of the molecule is CC(C)N(Cc1ccc(F)cc1F)C(=O)CCl. The van der Waals surface area contributed by atoms with Gasteiger partial charge in [0.1, 0.15) is 17.5 Å². The van der Waals surface area contributed by atoms with Gasteiger partial charge in [-0.2, -0.15) is 0 Å². The first kappa shape index (κ1) is 13.9. The third-order valence-electron chi connectivity index (χ3n) is 2.41. The standard InChI is InChI=1S/C12H14ClF2NO/c1-8(2)16(12(17)6-13)7-9-3-4-10(14)5-11(9)15/h3-5,8H,6-7H2,1-2H3. The summed E-state index contributed by atoms with van der Waals surface area (Å²) in [5.41, 5.74) is 0.276. The summed E-state index contributed by atoms with van der Waals surface area (Å²) in [6, 6.07) is 3.22. The first-order chi connectivity index (χ1) is 7.95. The Hall–Kier alpha value is -1.16. The number of rotatable bonds is 4. The van der Waals surface area contributed by atoms with Gasteiger partial charge in [0.2, 0.25) is 5.91 Å². The molecule has 5 heteroatoms. The summed E-state index contributed by atoms with van der Waals surface area (Å²) in [4.78, 5) is 13.0. The summed E-state index contributed by atoms with van der Waals surface area (Å²) < 4.78 is 26.2. The fraction of sp³-hybridized carbons (Fsp3) is 0.417. The van der Waals surface area contributed by atoms with Crippen molar-refractivity contribution in [2.75, 3.05) is 5.88 Å². The van der Waals surface area contributed by atoms with Gasteiger partial charge in [0.05, 0.1) is 0 Å². The van der Waals surface area contributed by atoms with Crippen LogP contribution in [0.4, 0.5) is 8.78 Å². The van der Waals surface area contributed by atoms with Crippen LogP contribution < -0.4 is 0 Å². The number of amides is 1. The molecular formula is C12H14ClF2NO. The molecule has 0 saturated carbocycles. The smallest absolute Gasteiger partial charge is 0.238 e. The minimum absolute atomic E-state index is 0.0919. The van der Waals surface area contributed by atoms with Gasteiger partial charge in [-0.25, -0.2) is 8.78 Å². The van der Waals surface area contributed by atoms with E-state index in [1.807, 2.05) is 13.8 Å². The van der Waals surface area contributed by atoms with E-state index in [-0.39, 0.29) is 29.9 Å². The predicted octanol–water partition coefficient (Wildman–Crippen LogP) is 2.94.